The standard InChI is InChI=1S/C18H12Cl2FN3O2S/c19-13-6-1-10(9-14(13)20)15(25)22-16-23-17(26)24(27-16)18(7-8-18)11-2-4-12(21)5-3-11/h1-6,9H,7-8H2,(H,22,23,25,26). The molecule has 1 aliphatic carbocycles. The molecule has 1 amide bonds. The Bertz CT molecular complexity index is 1090. The number of aromatic nitrogens is 2. The highest BCUT2D eigenvalue weighted by Crippen LogP contribution is 2.49. The molecule has 1 N–H and O–H groups in total. The van der Waals surface area contributed by atoms with Gasteiger partial charge in [0.05, 0.1) is 15.6 Å². The number of hydrogen-bond donors (Lipinski definition) is 1. The van der Waals surface area contributed by atoms with Crippen LogP contribution in [-0.2, 0) is 5.54 Å². The molecule has 1 fully saturated rings. The number of amides is 1. The summed E-state index contributed by atoms with van der Waals surface area (Å²) in [6.45, 7) is 0. The topological polar surface area (TPSA) is 64.0 Å². The summed E-state index contributed by atoms with van der Waals surface area (Å²) in [6, 6.07) is 10.6. The van der Waals surface area contributed by atoms with E-state index < -0.39 is 17.1 Å². The summed E-state index contributed by atoms with van der Waals surface area (Å²) in [4.78, 5) is 28.7. The second-order valence-corrected chi connectivity index (χ2v) is 7.96. The van der Waals surface area contributed by atoms with E-state index in [1.165, 1.54) is 34.3 Å². The first-order valence-corrected chi connectivity index (χ1v) is 9.55. The lowest BCUT2D eigenvalue weighted by atomic mass is 10.1. The predicted octanol–water partition coefficient (Wildman–Crippen LogP) is 4.54. The number of hydrogen-bond acceptors (Lipinski definition) is 4. The summed E-state index contributed by atoms with van der Waals surface area (Å²) in [5, 5.41) is 3.40. The van der Waals surface area contributed by atoms with Crippen molar-refractivity contribution in [2.75, 3.05) is 5.32 Å². The fourth-order valence-corrected chi connectivity index (χ4v) is 4.20. The minimum atomic E-state index is -0.519. The molecule has 3 aromatic rings. The molecule has 0 radical (unpaired) electrons. The molecule has 0 saturated heterocycles. The number of nitrogens with one attached hydrogen (secondary N) is 1. The van der Waals surface area contributed by atoms with Crippen molar-refractivity contribution in [3.05, 3.63) is 79.9 Å². The van der Waals surface area contributed by atoms with Gasteiger partial charge >= 0.3 is 5.69 Å². The van der Waals surface area contributed by atoms with Gasteiger partial charge in [-0.3, -0.25) is 10.1 Å². The third kappa shape index (κ3) is 3.38. The van der Waals surface area contributed by atoms with Gasteiger partial charge in [-0.1, -0.05) is 35.3 Å². The van der Waals surface area contributed by atoms with Crippen molar-refractivity contribution in [2.24, 2.45) is 0 Å². The average Bonchev–Trinajstić information content (AvgIpc) is 3.36. The molecule has 27 heavy (non-hydrogen) atoms. The zero-order valence-electron chi connectivity index (χ0n) is 13.7. The van der Waals surface area contributed by atoms with Crippen LogP contribution in [0.1, 0.15) is 28.8 Å². The molecule has 0 unspecified atom stereocenters. The summed E-state index contributed by atoms with van der Waals surface area (Å²) in [5.74, 6) is -0.776. The highest BCUT2D eigenvalue weighted by Gasteiger charge is 2.48. The Labute approximate surface area is 167 Å². The van der Waals surface area contributed by atoms with Gasteiger partial charge in [0.2, 0.25) is 5.13 Å². The van der Waals surface area contributed by atoms with Gasteiger partial charge in [0.15, 0.2) is 0 Å². The van der Waals surface area contributed by atoms with E-state index in [1.54, 1.807) is 12.1 Å². The maximum Gasteiger partial charge on any atom is 0.360 e. The Hall–Kier alpha value is -2.22. The van der Waals surface area contributed by atoms with E-state index in [9.17, 15) is 14.0 Å². The van der Waals surface area contributed by atoms with Crippen molar-refractivity contribution in [2.45, 2.75) is 18.4 Å². The predicted molar refractivity (Wildman–Crippen MR) is 103 cm³/mol. The number of carbonyl (C=O) groups excluding carboxylic acids is 1. The zero-order chi connectivity index (χ0) is 19.2. The lowest BCUT2D eigenvalue weighted by molar-refractivity contribution is 0.102. The molecule has 2 aromatic carbocycles. The molecule has 0 bridgehead atoms. The fourth-order valence-electron chi connectivity index (χ4n) is 2.89. The molecule has 0 spiro atoms. The van der Waals surface area contributed by atoms with E-state index >= 15 is 0 Å². The van der Waals surface area contributed by atoms with E-state index in [2.05, 4.69) is 10.3 Å². The average molecular weight is 424 g/mol. The van der Waals surface area contributed by atoms with Crippen LogP contribution >= 0.6 is 34.7 Å². The Kier molecular flexibility index (Phi) is 4.53. The molecule has 5 nitrogen and oxygen atoms in total. The van der Waals surface area contributed by atoms with E-state index in [0.29, 0.717) is 10.6 Å². The summed E-state index contributed by atoms with van der Waals surface area (Å²) in [6.07, 6.45) is 1.50. The molecular weight excluding hydrogens is 412 g/mol. The van der Waals surface area contributed by atoms with Gasteiger partial charge in [-0.15, -0.1) is 0 Å². The highest BCUT2D eigenvalue weighted by atomic mass is 35.5. The van der Waals surface area contributed by atoms with Crippen LogP contribution < -0.4 is 11.0 Å². The minimum absolute atomic E-state index is 0.185. The Morgan fingerprint density at radius 2 is 1.85 bits per heavy atom. The van der Waals surface area contributed by atoms with Crippen molar-refractivity contribution < 1.29 is 9.18 Å². The summed E-state index contributed by atoms with van der Waals surface area (Å²) in [7, 11) is 0. The van der Waals surface area contributed by atoms with Crippen molar-refractivity contribution >= 4 is 45.8 Å². The van der Waals surface area contributed by atoms with Gasteiger partial charge < -0.3 is 0 Å². The zero-order valence-corrected chi connectivity index (χ0v) is 16.0. The van der Waals surface area contributed by atoms with Crippen LogP contribution in [0.15, 0.2) is 47.3 Å². The van der Waals surface area contributed by atoms with Gasteiger partial charge in [0.1, 0.15) is 5.82 Å². The molecule has 0 atom stereocenters. The van der Waals surface area contributed by atoms with Gasteiger partial charge in [-0.25, -0.2) is 13.1 Å². The van der Waals surface area contributed by atoms with Gasteiger partial charge in [0.25, 0.3) is 5.91 Å². The first kappa shape index (κ1) is 18.2. The van der Waals surface area contributed by atoms with Crippen LogP contribution in [0.4, 0.5) is 9.52 Å². The number of anilines is 1. The second kappa shape index (κ2) is 6.74. The van der Waals surface area contributed by atoms with Gasteiger partial charge in [-0.05, 0) is 60.3 Å². The third-order valence-electron chi connectivity index (χ3n) is 4.44. The van der Waals surface area contributed by atoms with Crippen LogP contribution in [0.5, 0.6) is 0 Å². The first-order valence-electron chi connectivity index (χ1n) is 8.02. The van der Waals surface area contributed by atoms with Crippen LogP contribution in [0, 0.1) is 5.82 Å². The molecule has 4 rings (SSSR count). The van der Waals surface area contributed by atoms with Crippen molar-refractivity contribution in [3.63, 3.8) is 0 Å². The number of rotatable bonds is 4. The Morgan fingerprint density at radius 3 is 2.48 bits per heavy atom. The first-order chi connectivity index (χ1) is 12.9. The van der Waals surface area contributed by atoms with Crippen LogP contribution in [-0.4, -0.2) is 14.8 Å². The lowest BCUT2D eigenvalue weighted by Crippen LogP contribution is -2.27. The van der Waals surface area contributed by atoms with Gasteiger partial charge in [-0.2, -0.15) is 4.98 Å². The number of halogens is 3. The number of carbonyl (C=O) groups is 1. The Balaban J connectivity index is 1.60. The number of benzene rings is 2. The SMILES string of the molecule is O=C(Nc1nc(=O)n(C2(c3ccc(F)cc3)CC2)s1)c1ccc(Cl)c(Cl)c1. The largest absolute Gasteiger partial charge is 0.360 e. The van der Waals surface area contributed by atoms with Crippen LogP contribution in [0.2, 0.25) is 10.0 Å². The van der Waals surface area contributed by atoms with E-state index in [1.807, 2.05) is 0 Å². The molecule has 138 valence electrons. The second-order valence-electron chi connectivity index (χ2n) is 6.21. The van der Waals surface area contributed by atoms with E-state index in [-0.39, 0.29) is 16.0 Å². The monoisotopic (exact) mass is 423 g/mol. The molecule has 1 aliphatic rings. The maximum atomic E-state index is 13.2. The van der Waals surface area contributed by atoms with Crippen molar-refractivity contribution in [1.29, 1.82) is 0 Å². The summed E-state index contributed by atoms with van der Waals surface area (Å²) >= 11 is 12.9. The normalized spacial score (nSPS) is 14.8. The molecule has 1 aromatic heterocycles. The van der Waals surface area contributed by atoms with E-state index in [4.69, 9.17) is 23.2 Å². The van der Waals surface area contributed by atoms with Crippen molar-refractivity contribution in [1.82, 2.24) is 8.94 Å². The van der Waals surface area contributed by atoms with Crippen LogP contribution in [0.3, 0.4) is 0 Å². The molecule has 9 heteroatoms. The van der Waals surface area contributed by atoms with Gasteiger partial charge in [0, 0.05) is 5.56 Å². The lowest BCUT2D eigenvalue weighted by Gasteiger charge is -2.15. The number of nitrogens with zero attached hydrogens (tertiary/aromatic N) is 2. The van der Waals surface area contributed by atoms with E-state index in [0.717, 1.165) is 29.9 Å². The van der Waals surface area contributed by atoms with Crippen LogP contribution in [0.25, 0.3) is 0 Å². The molecule has 1 saturated carbocycles. The summed E-state index contributed by atoms with van der Waals surface area (Å²) < 4.78 is 14.7. The summed E-state index contributed by atoms with van der Waals surface area (Å²) in [5.41, 5.74) is 0.177. The minimum Gasteiger partial charge on any atom is -0.297 e. The quantitative estimate of drug-likeness (QED) is 0.669. The third-order valence-corrected chi connectivity index (χ3v) is 6.24. The molecule has 1 heterocycles. The van der Waals surface area contributed by atoms with Crippen molar-refractivity contribution in [3.8, 4) is 0 Å². The fraction of sp³-hybridized carbons (Fsp3) is 0.167. The maximum absolute atomic E-state index is 13.2. The Morgan fingerprint density at radius 1 is 1.15 bits per heavy atom. The molecule has 0 aliphatic heterocycles. The molecular formula is C18H12Cl2FN3O2S. The smallest absolute Gasteiger partial charge is 0.297 e. The highest BCUT2D eigenvalue weighted by molar-refractivity contribution is 7.10.